The maximum absolute atomic E-state index is 2.36. The Morgan fingerprint density at radius 1 is 0.929 bits per heavy atom. The molecule has 0 rings (SSSR count). The molecule has 1 nitrogen and oxygen atoms in total. The minimum Gasteiger partial charge on any atom is -0.309 e. The van der Waals surface area contributed by atoms with Crippen LogP contribution in [-0.4, -0.2) is 25.5 Å². The van der Waals surface area contributed by atoms with Gasteiger partial charge in [0.05, 0.1) is 0 Å². The Hall–Kier alpha value is -0.0400. The molecule has 0 fully saturated rings. The summed E-state index contributed by atoms with van der Waals surface area (Å²) in [7, 11) is 4.35. The van der Waals surface area contributed by atoms with Crippen LogP contribution in [0.1, 0.15) is 59.3 Å². The molecule has 0 aliphatic heterocycles. The Balaban J connectivity index is 4.07. The highest BCUT2D eigenvalue weighted by Gasteiger charge is 2.24. The van der Waals surface area contributed by atoms with Gasteiger partial charge in [-0.25, -0.2) is 0 Å². The average molecular weight is 199 g/mol. The molecule has 0 bridgehead atoms. The maximum atomic E-state index is 2.36. The second-order valence-corrected chi connectivity index (χ2v) is 4.86. The van der Waals surface area contributed by atoms with Gasteiger partial charge < -0.3 is 4.90 Å². The highest BCUT2D eigenvalue weighted by atomic mass is 15.0. The van der Waals surface area contributed by atoms with Gasteiger partial charge in [0, 0.05) is 0 Å². The smallest absolute Gasteiger partial charge is 0.00195 e. The van der Waals surface area contributed by atoms with Crippen LogP contribution in [0, 0.1) is 5.41 Å². The normalized spacial score (nSPS) is 12.4. The third kappa shape index (κ3) is 4.99. The Kier molecular flexibility index (Phi) is 7.26. The van der Waals surface area contributed by atoms with E-state index in [-0.39, 0.29) is 0 Å². The molecule has 0 N–H and O–H groups in total. The fraction of sp³-hybridized carbons (Fsp3) is 1.00. The number of hydrogen-bond donors (Lipinski definition) is 0. The van der Waals surface area contributed by atoms with Gasteiger partial charge in [0.25, 0.3) is 0 Å². The van der Waals surface area contributed by atoms with Crippen LogP contribution in [0.25, 0.3) is 0 Å². The van der Waals surface area contributed by atoms with E-state index in [0.717, 1.165) is 0 Å². The second kappa shape index (κ2) is 7.28. The third-order valence-corrected chi connectivity index (χ3v) is 3.65. The summed E-state index contributed by atoms with van der Waals surface area (Å²) in [6, 6.07) is 0. The van der Waals surface area contributed by atoms with Crippen molar-refractivity contribution in [2.24, 2.45) is 5.41 Å². The van der Waals surface area contributed by atoms with Crippen molar-refractivity contribution in [1.29, 1.82) is 0 Å². The summed E-state index contributed by atoms with van der Waals surface area (Å²) in [4.78, 5) is 2.31. The van der Waals surface area contributed by atoms with Crippen LogP contribution < -0.4 is 0 Å². The summed E-state index contributed by atoms with van der Waals surface area (Å²) in [6.45, 7) is 8.25. The van der Waals surface area contributed by atoms with Crippen molar-refractivity contribution in [3.8, 4) is 0 Å². The van der Waals surface area contributed by atoms with E-state index < -0.39 is 0 Å². The van der Waals surface area contributed by atoms with E-state index in [9.17, 15) is 0 Å². The fourth-order valence-corrected chi connectivity index (χ4v) is 2.09. The Morgan fingerprint density at radius 3 is 1.86 bits per heavy atom. The van der Waals surface area contributed by atoms with Gasteiger partial charge in [-0.3, -0.25) is 0 Å². The average Bonchev–Trinajstić information content (AvgIpc) is 2.19. The topological polar surface area (TPSA) is 3.24 Å². The van der Waals surface area contributed by atoms with Crippen molar-refractivity contribution in [1.82, 2.24) is 4.90 Å². The zero-order chi connectivity index (χ0) is 11.0. The van der Waals surface area contributed by atoms with Crippen LogP contribution in [0.4, 0.5) is 0 Å². The molecule has 0 unspecified atom stereocenters. The molecule has 0 saturated carbocycles. The van der Waals surface area contributed by atoms with Crippen LogP contribution in [-0.2, 0) is 0 Å². The monoisotopic (exact) mass is 199 g/mol. The molecule has 0 amide bonds. The van der Waals surface area contributed by atoms with Crippen molar-refractivity contribution in [3.63, 3.8) is 0 Å². The largest absolute Gasteiger partial charge is 0.309 e. The first-order valence-corrected chi connectivity index (χ1v) is 6.25. The van der Waals surface area contributed by atoms with Gasteiger partial charge in [-0.2, -0.15) is 0 Å². The Labute approximate surface area is 90.9 Å². The molecule has 86 valence electrons. The van der Waals surface area contributed by atoms with Gasteiger partial charge in [0.15, 0.2) is 0 Å². The van der Waals surface area contributed by atoms with Crippen molar-refractivity contribution < 1.29 is 0 Å². The molecule has 0 spiro atoms. The zero-order valence-electron chi connectivity index (χ0n) is 10.9. The molecule has 1 heteroatoms. The summed E-state index contributed by atoms with van der Waals surface area (Å²) >= 11 is 0. The Bertz CT molecular complexity index is 125. The number of hydrogen-bond acceptors (Lipinski definition) is 1. The van der Waals surface area contributed by atoms with Gasteiger partial charge in [-0.1, -0.05) is 46.5 Å². The highest BCUT2D eigenvalue weighted by Crippen LogP contribution is 2.36. The van der Waals surface area contributed by atoms with E-state index in [2.05, 4.69) is 39.8 Å². The lowest BCUT2D eigenvalue weighted by atomic mass is 9.75. The predicted octanol–water partition coefficient (Wildman–Crippen LogP) is 3.93. The molecule has 0 saturated heterocycles. The molecule has 0 atom stereocenters. The van der Waals surface area contributed by atoms with E-state index in [1.807, 2.05) is 0 Å². The van der Waals surface area contributed by atoms with Crippen LogP contribution in [0.3, 0.4) is 0 Å². The maximum Gasteiger partial charge on any atom is -0.00195 e. The molecule has 0 aliphatic carbocycles. The Morgan fingerprint density at radius 2 is 1.50 bits per heavy atom. The molecule has 0 aromatic rings. The summed E-state index contributed by atoms with van der Waals surface area (Å²) in [5.74, 6) is 0. The second-order valence-electron chi connectivity index (χ2n) is 4.86. The summed E-state index contributed by atoms with van der Waals surface area (Å²) in [5, 5.41) is 0. The lowest BCUT2D eigenvalue weighted by Gasteiger charge is -2.33. The first-order chi connectivity index (χ1) is 6.60. The van der Waals surface area contributed by atoms with Crippen molar-refractivity contribution in [3.05, 3.63) is 0 Å². The molecule has 0 radical (unpaired) electrons. The molecule has 0 aromatic carbocycles. The molecular formula is C13H29N. The van der Waals surface area contributed by atoms with Crippen LogP contribution in [0.5, 0.6) is 0 Å². The fourth-order valence-electron chi connectivity index (χ4n) is 2.09. The van der Waals surface area contributed by atoms with E-state index >= 15 is 0 Å². The van der Waals surface area contributed by atoms with E-state index in [0.29, 0.717) is 5.41 Å². The number of nitrogens with zero attached hydrogens (tertiary/aromatic N) is 1. The summed E-state index contributed by atoms with van der Waals surface area (Å²) in [6.07, 6.45) is 8.21. The molecule has 0 heterocycles. The SMILES string of the molecule is CCCCC(CC)(CC)CCN(C)C. The first-order valence-electron chi connectivity index (χ1n) is 6.25. The van der Waals surface area contributed by atoms with Gasteiger partial charge >= 0.3 is 0 Å². The van der Waals surface area contributed by atoms with Crippen LogP contribution in [0.2, 0.25) is 0 Å². The van der Waals surface area contributed by atoms with Gasteiger partial charge in [0.1, 0.15) is 0 Å². The standard InChI is InChI=1S/C13H29N/c1-6-9-10-13(7-2,8-3)11-12-14(4)5/h6-12H2,1-5H3. The lowest BCUT2D eigenvalue weighted by molar-refractivity contribution is 0.186. The van der Waals surface area contributed by atoms with E-state index in [1.165, 1.54) is 45.1 Å². The van der Waals surface area contributed by atoms with Gasteiger partial charge in [-0.15, -0.1) is 0 Å². The third-order valence-electron chi connectivity index (χ3n) is 3.65. The molecule has 0 aliphatic rings. The summed E-state index contributed by atoms with van der Waals surface area (Å²) in [5.41, 5.74) is 0.625. The molecule has 14 heavy (non-hydrogen) atoms. The van der Waals surface area contributed by atoms with E-state index in [1.54, 1.807) is 0 Å². The number of unbranched alkanes of at least 4 members (excludes halogenated alkanes) is 1. The van der Waals surface area contributed by atoms with Crippen LogP contribution in [0.15, 0.2) is 0 Å². The van der Waals surface area contributed by atoms with Gasteiger partial charge in [-0.05, 0) is 38.9 Å². The summed E-state index contributed by atoms with van der Waals surface area (Å²) < 4.78 is 0. The van der Waals surface area contributed by atoms with Gasteiger partial charge in [0.2, 0.25) is 0 Å². The van der Waals surface area contributed by atoms with Crippen molar-refractivity contribution >= 4 is 0 Å². The highest BCUT2D eigenvalue weighted by molar-refractivity contribution is 4.77. The minimum atomic E-state index is 0.625. The minimum absolute atomic E-state index is 0.625. The lowest BCUT2D eigenvalue weighted by Crippen LogP contribution is -2.25. The first kappa shape index (κ1) is 14.0. The zero-order valence-corrected chi connectivity index (χ0v) is 10.9. The van der Waals surface area contributed by atoms with Crippen LogP contribution >= 0.6 is 0 Å². The van der Waals surface area contributed by atoms with Crippen molar-refractivity contribution in [2.75, 3.05) is 20.6 Å². The molecular weight excluding hydrogens is 170 g/mol. The van der Waals surface area contributed by atoms with Crippen molar-refractivity contribution in [2.45, 2.75) is 59.3 Å². The van der Waals surface area contributed by atoms with E-state index in [4.69, 9.17) is 0 Å². The quantitative estimate of drug-likeness (QED) is 0.572. The molecule has 0 aromatic heterocycles. The predicted molar refractivity (Wildman–Crippen MR) is 65.7 cm³/mol. The number of rotatable bonds is 8.